The first kappa shape index (κ1) is 26.1. The Morgan fingerprint density at radius 1 is 0.921 bits per heavy atom. The normalized spacial score (nSPS) is 19.6. The number of thiophene rings is 1. The molecule has 2 saturated heterocycles. The van der Waals surface area contributed by atoms with Gasteiger partial charge < -0.3 is 9.64 Å². The number of fused-ring (bicyclic) bond motifs is 2. The molecule has 1 aliphatic carbocycles. The Kier molecular flexibility index (Phi) is 8.52. The van der Waals surface area contributed by atoms with Crippen molar-refractivity contribution in [2.45, 2.75) is 45.2 Å². The number of hydrogen-bond donors (Lipinski definition) is 0. The lowest BCUT2D eigenvalue weighted by Gasteiger charge is -2.36. The third-order valence-corrected chi connectivity index (χ3v) is 9.27. The van der Waals surface area contributed by atoms with Gasteiger partial charge in [0.25, 0.3) is 0 Å². The fourth-order valence-corrected chi connectivity index (χ4v) is 7.17. The minimum atomic E-state index is 0.682. The van der Waals surface area contributed by atoms with Gasteiger partial charge in [0, 0.05) is 45.3 Å². The van der Waals surface area contributed by atoms with Crippen LogP contribution < -0.4 is 4.90 Å². The van der Waals surface area contributed by atoms with Gasteiger partial charge in [-0.15, -0.1) is 11.3 Å². The lowest BCUT2D eigenvalue weighted by atomic mass is 10.1. The summed E-state index contributed by atoms with van der Waals surface area (Å²) in [6.07, 6.45) is 4.92. The zero-order chi connectivity index (χ0) is 25.7. The lowest BCUT2D eigenvalue weighted by molar-refractivity contribution is 0.0331. The highest BCUT2D eigenvalue weighted by atomic mass is 32.1. The summed E-state index contributed by atoms with van der Waals surface area (Å²) in [5.74, 6) is 2.08. The molecule has 38 heavy (non-hydrogen) atoms. The molecule has 4 heterocycles. The molecule has 0 radical (unpaired) electrons. The van der Waals surface area contributed by atoms with Crippen molar-refractivity contribution < 1.29 is 4.74 Å². The van der Waals surface area contributed by atoms with E-state index in [9.17, 15) is 0 Å². The molecule has 0 amide bonds. The lowest BCUT2D eigenvalue weighted by Crippen LogP contribution is -2.47. The molecule has 3 aromatic rings. The highest BCUT2D eigenvalue weighted by Crippen LogP contribution is 2.29. The van der Waals surface area contributed by atoms with Crippen molar-refractivity contribution in [1.82, 2.24) is 24.7 Å². The van der Waals surface area contributed by atoms with Gasteiger partial charge in [0.05, 0.1) is 25.1 Å². The second-order valence-electron chi connectivity index (χ2n) is 11.0. The summed E-state index contributed by atoms with van der Waals surface area (Å²) in [4.78, 5) is 21.4. The summed E-state index contributed by atoms with van der Waals surface area (Å²) in [5, 5.41) is 3.37. The first-order chi connectivity index (χ1) is 18.8. The number of nitrogens with zero attached hydrogens (tertiary/aromatic N) is 6. The molecule has 1 aromatic carbocycles. The molecule has 0 atom stereocenters. The summed E-state index contributed by atoms with van der Waals surface area (Å²) in [7, 11) is 0. The van der Waals surface area contributed by atoms with Gasteiger partial charge in [-0.2, -0.15) is 0 Å². The van der Waals surface area contributed by atoms with Crippen molar-refractivity contribution in [3.05, 3.63) is 52.7 Å². The first-order valence-corrected chi connectivity index (χ1v) is 15.5. The van der Waals surface area contributed by atoms with Gasteiger partial charge in [0.2, 0.25) is 0 Å². The number of rotatable bonds is 10. The number of hydrogen-bond acceptors (Lipinski definition) is 8. The zero-order valence-corrected chi connectivity index (χ0v) is 23.7. The monoisotopic (exact) mass is 534 g/mol. The van der Waals surface area contributed by atoms with Gasteiger partial charge in [-0.05, 0) is 67.9 Å². The van der Waals surface area contributed by atoms with Crippen molar-refractivity contribution >= 4 is 27.4 Å². The Bertz CT molecular complexity index is 1160. The molecule has 0 N–H and O–H groups in total. The van der Waals surface area contributed by atoms with E-state index in [0.29, 0.717) is 6.04 Å². The third-order valence-electron chi connectivity index (χ3n) is 8.47. The molecule has 6 rings (SSSR count). The molecular weight excluding hydrogens is 492 g/mol. The molecule has 2 aromatic heterocycles. The number of piperazine rings is 1. The van der Waals surface area contributed by atoms with Crippen LogP contribution in [0, 0.1) is 0 Å². The van der Waals surface area contributed by atoms with Crippen LogP contribution in [0.5, 0.6) is 0 Å². The van der Waals surface area contributed by atoms with E-state index in [-0.39, 0.29) is 0 Å². The van der Waals surface area contributed by atoms with Crippen molar-refractivity contribution in [2.75, 3.05) is 77.0 Å². The Balaban J connectivity index is 1.02. The summed E-state index contributed by atoms with van der Waals surface area (Å²) in [5.41, 5.74) is 3.12. The van der Waals surface area contributed by atoms with Crippen LogP contribution in [0.4, 0.5) is 5.82 Å². The number of ether oxygens (including phenoxy) is 1. The SMILES string of the molecule is CCCN(CCCN1CCN(c2nc(CN3CCOCC3)nc3sccc23)CC1)C1Cc2ccccc2C1. The van der Waals surface area contributed by atoms with Gasteiger partial charge in [-0.3, -0.25) is 14.7 Å². The standard InChI is InChI=1S/C30H42N6OS/c1-2-9-35(26-21-24-6-3-4-7-25(24)22-26)11-5-10-33-12-14-36(15-13-33)29-27-8-20-38-30(27)32-28(31-29)23-34-16-18-37-19-17-34/h3-4,6-8,20,26H,2,5,9-19,21-23H2,1H3. The minimum Gasteiger partial charge on any atom is -0.379 e. The van der Waals surface area contributed by atoms with E-state index in [4.69, 9.17) is 14.7 Å². The van der Waals surface area contributed by atoms with Crippen LogP contribution in [0.15, 0.2) is 35.7 Å². The van der Waals surface area contributed by atoms with Crippen LogP contribution in [0.2, 0.25) is 0 Å². The molecule has 8 heteroatoms. The summed E-state index contributed by atoms with van der Waals surface area (Å²) in [6.45, 7) is 14.6. The second-order valence-corrected chi connectivity index (χ2v) is 11.9. The largest absolute Gasteiger partial charge is 0.379 e. The third kappa shape index (κ3) is 6.05. The van der Waals surface area contributed by atoms with E-state index in [0.717, 1.165) is 75.5 Å². The molecular formula is C30H42N6OS. The van der Waals surface area contributed by atoms with Crippen LogP contribution in [0.3, 0.4) is 0 Å². The number of anilines is 1. The highest BCUT2D eigenvalue weighted by molar-refractivity contribution is 7.16. The first-order valence-electron chi connectivity index (χ1n) is 14.6. The van der Waals surface area contributed by atoms with Gasteiger partial charge in [-0.25, -0.2) is 9.97 Å². The fourth-order valence-electron chi connectivity index (χ4n) is 6.39. The Morgan fingerprint density at radius 2 is 1.68 bits per heavy atom. The van der Waals surface area contributed by atoms with Crippen LogP contribution in [-0.2, 0) is 24.1 Å². The maximum absolute atomic E-state index is 5.52. The number of morpholine rings is 1. The number of aromatic nitrogens is 2. The Labute approximate surface area is 231 Å². The van der Waals surface area contributed by atoms with E-state index in [1.54, 1.807) is 22.5 Å². The van der Waals surface area contributed by atoms with Gasteiger partial charge in [-0.1, -0.05) is 31.2 Å². The zero-order valence-electron chi connectivity index (χ0n) is 22.9. The van der Waals surface area contributed by atoms with E-state index >= 15 is 0 Å². The van der Waals surface area contributed by atoms with Crippen LogP contribution >= 0.6 is 11.3 Å². The van der Waals surface area contributed by atoms with Gasteiger partial charge in [0.1, 0.15) is 16.5 Å². The summed E-state index contributed by atoms with van der Waals surface area (Å²) in [6, 6.07) is 11.9. The van der Waals surface area contributed by atoms with Crippen LogP contribution in [-0.4, -0.2) is 103 Å². The van der Waals surface area contributed by atoms with E-state index in [1.807, 2.05) is 0 Å². The molecule has 3 aliphatic rings. The van der Waals surface area contributed by atoms with Crippen molar-refractivity contribution in [3.63, 3.8) is 0 Å². The topological polar surface area (TPSA) is 48.0 Å². The predicted molar refractivity (Wildman–Crippen MR) is 156 cm³/mol. The molecule has 0 unspecified atom stereocenters. The Hall–Kier alpha value is -2.10. The fraction of sp³-hybridized carbons (Fsp3) is 0.600. The molecule has 0 saturated carbocycles. The van der Waals surface area contributed by atoms with Crippen molar-refractivity contribution in [2.24, 2.45) is 0 Å². The molecule has 2 aliphatic heterocycles. The van der Waals surface area contributed by atoms with Crippen LogP contribution in [0.25, 0.3) is 10.2 Å². The van der Waals surface area contributed by atoms with Crippen molar-refractivity contribution in [1.29, 1.82) is 0 Å². The highest BCUT2D eigenvalue weighted by Gasteiger charge is 2.27. The Morgan fingerprint density at radius 3 is 2.42 bits per heavy atom. The number of benzene rings is 1. The minimum absolute atomic E-state index is 0.682. The van der Waals surface area contributed by atoms with Gasteiger partial charge >= 0.3 is 0 Å². The van der Waals surface area contributed by atoms with Crippen LogP contribution in [0.1, 0.15) is 36.7 Å². The van der Waals surface area contributed by atoms with E-state index < -0.39 is 0 Å². The molecule has 0 spiro atoms. The summed E-state index contributed by atoms with van der Waals surface area (Å²) < 4.78 is 5.52. The average molecular weight is 535 g/mol. The maximum Gasteiger partial charge on any atom is 0.146 e. The maximum atomic E-state index is 5.52. The molecule has 2 fully saturated rings. The van der Waals surface area contributed by atoms with Crippen molar-refractivity contribution in [3.8, 4) is 0 Å². The molecule has 7 nitrogen and oxygen atoms in total. The molecule has 0 bridgehead atoms. The van der Waals surface area contributed by atoms with Gasteiger partial charge in [0.15, 0.2) is 0 Å². The smallest absolute Gasteiger partial charge is 0.146 e. The quantitative estimate of drug-likeness (QED) is 0.391. The second kappa shape index (κ2) is 12.4. The van der Waals surface area contributed by atoms with E-state index in [2.05, 4.69) is 62.2 Å². The predicted octanol–water partition coefficient (Wildman–Crippen LogP) is 3.92. The van der Waals surface area contributed by atoms with E-state index in [1.165, 1.54) is 50.7 Å². The summed E-state index contributed by atoms with van der Waals surface area (Å²) >= 11 is 1.73. The average Bonchev–Trinajstić information content (AvgIpc) is 3.60. The molecule has 204 valence electrons.